The largest absolute Gasteiger partial charge is 0.481 e. The highest BCUT2D eigenvalue weighted by Gasteiger charge is 2.18. The summed E-state index contributed by atoms with van der Waals surface area (Å²) in [6.07, 6.45) is 2.24. The van der Waals surface area contributed by atoms with Crippen molar-refractivity contribution in [2.75, 3.05) is 37.4 Å². The first kappa shape index (κ1) is 22.0. The number of aromatic nitrogens is 2. The lowest BCUT2D eigenvalue weighted by Gasteiger charge is -2.14. The van der Waals surface area contributed by atoms with Gasteiger partial charge >= 0.3 is 6.01 Å². The summed E-state index contributed by atoms with van der Waals surface area (Å²) in [5, 5.41) is 6.56. The van der Waals surface area contributed by atoms with Gasteiger partial charge in [0.2, 0.25) is 5.88 Å². The molecule has 0 aliphatic carbocycles. The van der Waals surface area contributed by atoms with E-state index in [1.54, 1.807) is 12.1 Å². The number of nitrogens with zero attached hydrogens (tertiary/aromatic N) is 2. The molecule has 1 aliphatic heterocycles. The van der Waals surface area contributed by atoms with Crippen molar-refractivity contribution >= 4 is 38.9 Å². The van der Waals surface area contributed by atoms with Crippen LogP contribution >= 0.6 is 12.2 Å². The number of ether oxygens (including phenoxy) is 3. The fourth-order valence-corrected chi connectivity index (χ4v) is 3.95. The molecule has 1 aromatic heterocycles. The molecule has 0 bridgehead atoms. The zero-order valence-corrected chi connectivity index (χ0v) is 18.2. The van der Waals surface area contributed by atoms with Gasteiger partial charge in [-0.25, -0.2) is 8.42 Å². The van der Waals surface area contributed by atoms with Crippen LogP contribution in [0.1, 0.15) is 12.8 Å². The predicted molar refractivity (Wildman–Crippen MR) is 116 cm³/mol. The number of rotatable bonds is 8. The van der Waals surface area contributed by atoms with Crippen LogP contribution in [-0.2, 0) is 14.8 Å². The van der Waals surface area contributed by atoms with Gasteiger partial charge in [0.25, 0.3) is 10.0 Å². The Morgan fingerprint density at radius 3 is 2.63 bits per heavy atom. The number of methoxy groups -OCH3 is 2. The minimum Gasteiger partial charge on any atom is -0.481 e. The fraction of sp³-hybridized carbons (Fsp3) is 0.389. The molecule has 162 valence electrons. The Kier molecular flexibility index (Phi) is 7.24. The summed E-state index contributed by atoms with van der Waals surface area (Å²) in [5.41, 5.74) is 0.657. The van der Waals surface area contributed by atoms with Gasteiger partial charge in [0.15, 0.2) is 10.9 Å². The van der Waals surface area contributed by atoms with Gasteiger partial charge in [-0.3, -0.25) is 4.72 Å². The van der Waals surface area contributed by atoms with Gasteiger partial charge in [-0.2, -0.15) is 9.97 Å². The molecule has 0 radical (unpaired) electrons. The third-order valence-corrected chi connectivity index (χ3v) is 5.87. The Balaban J connectivity index is 1.62. The zero-order valence-electron chi connectivity index (χ0n) is 16.5. The van der Waals surface area contributed by atoms with E-state index in [0.717, 1.165) is 19.4 Å². The van der Waals surface area contributed by atoms with Crippen molar-refractivity contribution in [3.63, 3.8) is 0 Å². The van der Waals surface area contributed by atoms with E-state index in [1.165, 1.54) is 32.4 Å². The van der Waals surface area contributed by atoms with Crippen LogP contribution in [0.3, 0.4) is 0 Å². The molecular weight excluding hydrogens is 430 g/mol. The molecule has 1 fully saturated rings. The van der Waals surface area contributed by atoms with Crippen molar-refractivity contribution in [1.82, 2.24) is 15.3 Å². The van der Waals surface area contributed by atoms with Crippen LogP contribution in [0.5, 0.6) is 11.9 Å². The molecule has 3 N–H and O–H groups in total. The van der Waals surface area contributed by atoms with E-state index in [9.17, 15) is 8.42 Å². The summed E-state index contributed by atoms with van der Waals surface area (Å²) in [4.78, 5) is 7.95. The third kappa shape index (κ3) is 5.90. The molecule has 2 heterocycles. The van der Waals surface area contributed by atoms with E-state index in [0.29, 0.717) is 17.3 Å². The van der Waals surface area contributed by atoms with Crippen molar-refractivity contribution in [1.29, 1.82) is 0 Å². The molecule has 0 spiro atoms. The lowest BCUT2D eigenvalue weighted by atomic mass is 10.2. The van der Waals surface area contributed by atoms with Crippen LogP contribution in [0.4, 0.5) is 11.5 Å². The van der Waals surface area contributed by atoms with Crippen molar-refractivity contribution < 1.29 is 22.6 Å². The first-order chi connectivity index (χ1) is 14.4. The van der Waals surface area contributed by atoms with Crippen LogP contribution in [-0.4, -0.2) is 57.0 Å². The van der Waals surface area contributed by atoms with Crippen molar-refractivity contribution in [3.05, 3.63) is 30.3 Å². The van der Waals surface area contributed by atoms with Gasteiger partial charge in [0.1, 0.15) is 0 Å². The quantitative estimate of drug-likeness (QED) is 0.509. The van der Waals surface area contributed by atoms with Gasteiger partial charge in [0.05, 0.1) is 25.2 Å². The summed E-state index contributed by atoms with van der Waals surface area (Å²) in [7, 11) is -1.09. The third-order valence-electron chi connectivity index (χ3n) is 4.25. The summed E-state index contributed by atoms with van der Waals surface area (Å²) in [6, 6.07) is 7.50. The topological polar surface area (TPSA) is 124 Å². The Labute approximate surface area is 180 Å². The van der Waals surface area contributed by atoms with E-state index < -0.39 is 10.0 Å². The van der Waals surface area contributed by atoms with E-state index in [-0.39, 0.29) is 28.7 Å². The summed E-state index contributed by atoms with van der Waals surface area (Å²) in [6.45, 7) is 1.42. The molecule has 1 saturated heterocycles. The maximum Gasteiger partial charge on any atom is 0.321 e. The van der Waals surface area contributed by atoms with Crippen LogP contribution in [0.15, 0.2) is 35.2 Å². The second kappa shape index (κ2) is 9.87. The van der Waals surface area contributed by atoms with E-state index in [4.69, 9.17) is 26.4 Å². The number of hydrogen-bond donors (Lipinski definition) is 3. The first-order valence-corrected chi connectivity index (χ1v) is 11.0. The Hall–Kier alpha value is -2.70. The van der Waals surface area contributed by atoms with Crippen molar-refractivity contribution in [3.8, 4) is 11.9 Å². The SMILES string of the molecule is COc1cc(NS(=O)(=O)c2ccc(NC(=S)NC[C@@H]3CCCO3)cc2)nc(OC)n1. The van der Waals surface area contributed by atoms with Gasteiger partial charge in [-0.15, -0.1) is 0 Å². The second-order valence-electron chi connectivity index (χ2n) is 6.38. The van der Waals surface area contributed by atoms with Crippen LogP contribution in [0.2, 0.25) is 0 Å². The maximum absolute atomic E-state index is 12.7. The highest BCUT2D eigenvalue weighted by Crippen LogP contribution is 2.21. The molecular formula is C18H23N5O5S2. The highest BCUT2D eigenvalue weighted by molar-refractivity contribution is 7.92. The Bertz CT molecular complexity index is 957. The van der Waals surface area contributed by atoms with Gasteiger partial charge in [0, 0.05) is 24.9 Å². The van der Waals surface area contributed by atoms with Gasteiger partial charge in [-0.05, 0) is 49.3 Å². The smallest absolute Gasteiger partial charge is 0.321 e. The molecule has 0 saturated carbocycles. The first-order valence-electron chi connectivity index (χ1n) is 9.16. The molecule has 1 aliphatic rings. The predicted octanol–water partition coefficient (Wildman–Crippen LogP) is 1.76. The van der Waals surface area contributed by atoms with E-state index >= 15 is 0 Å². The molecule has 3 rings (SSSR count). The number of benzene rings is 1. The number of nitrogens with one attached hydrogen (secondary N) is 3. The lowest BCUT2D eigenvalue weighted by Crippen LogP contribution is -2.34. The van der Waals surface area contributed by atoms with Crippen LogP contribution < -0.4 is 24.8 Å². The summed E-state index contributed by atoms with van der Waals surface area (Å²) >= 11 is 5.26. The average Bonchev–Trinajstić information content (AvgIpc) is 3.25. The summed E-state index contributed by atoms with van der Waals surface area (Å²) < 4.78 is 43.2. The molecule has 12 heteroatoms. The monoisotopic (exact) mass is 453 g/mol. The second-order valence-corrected chi connectivity index (χ2v) is 8.47. The minimum absolute atomic E-state index is 0.0179. The van der Waals surface area contributed by atoms with Gasteiger partial charge in [-0.1, -0.05) is 0 Å². The summed E-state index contributed by atoms with van der Waals surface area (Å²) in [5.74, 6) is 0.198. The molecule has 1 aromatic carbocycles. The zero-order chi connectivity index (χ0) is 21.6. The molecule has 2 aromatic rings. The van der Waals surface area contributed by atoms with Crippen LogP contribution in [0.25, 0.3) is 0 Å². The lowest BCUT2D eigenvalue weighted by molar-refractivity contribution is 0.114. The standard InChI is InChI=1S/C18H23N5O5S2/c1-26-16-10-15(21-17(22-16)27-2)23-30(24,25)14-7-5-12(6-8-14)20-18(29)19-11-13-4-3-9-28-13/h5-8,10,13H,3-4,9,11H2,1-2H3,(H2,19,20,29)(H,21,22,23)/t13-/m0/s1. The Morgan fingerprint density at radius 1 is 1.23 bits per heavy atom. The molecule has 0 unspecified atom stereocenters. The molecule has 1 atom stereocenters. The van der Waals surface area contributed by atoms with E-state index in [1.807, 2.05) is 0 Å². The van der Waals surface area contributed by atoms with Gasteiger partial charge < -0.3 is 24.8 Å². The number of thiocarbonyl (C=S) groups is 1. The Morgan fingerprint density at radius 2 is 2.00 bits per heavy atom. The van der Waals surface area contributed by atoms with E-state index in [2.05, 4.69) is 25.3 Å². The van der Waals surface area contributed by atoms with Crippen LogP contribution in [0, 0.1) is 0 Å². The normalized spacial score (nSPS) is 16.0. The maximum atomic E-state index is 12.7. The average molecular weight is 454 g/mol. The number of anilines is 2. The highest BCUT2D eigenvalue weighted by atomic mass is 32.2. The molecule has 10 nitrogen and oxygen atoms in total. The molecule has 0 amide bonds. The van der Waals surface area contributed by atoms with Crippen molar-refractivity contribution in [2.24, 2.45) is 0 Å². The minimum atomic E-state index is -3.87. The number of sulfonamides is 1. The fourth-order valence-electron chi connectivity index (χ4n) is 2.75. The molecule has 30 heavy (non-hydrogen) atoms. The van der Waals surface area contributed by atoms with Crippen molar-refractivity contribution in [2.45, 2.75) is 23.8 Å². The number of hydrogen-bond acceptors (Lipinski definition) is 8.